The van der Waals surface area contributed by atoms with E-state index < -0.39 is 6.04 Å². The van der Waals surface area contributed by atoms with Crippen LogP contribution in [0.25, 0.3) is 0 Å². The van der Waals surface area contributed by atoms with Crippen molar-refractivity contribution in [1.82, 2.24) is 9.47 Å². The number of fused-ring (bicyclic) bond motifs is 1. The number of aromatic nitrogens is 1. The van der Waals surface area contributed by atoms with Gasteiger partial charge in [-0.05, 0) is 42.0 Å². The van der Waals surface area contributed by atoms with E-state index in [0.29, 0.717) is 30.2 Å². The normalized spacial score (nSPS) is 15.8. The summed E-state index contributed by atoms with van der Waals surface area (Å²) in [5, 5.41) is 0. The van der Waals surface area contributed by atoms with Crippen LogP contribution in [0.15, 0.2) is 60.8 Å². The van der Waals surface area contributed by atoms with E-state index in [2.05, 4.69) is 4.57 Å². The Kier molecular flexibility index (Phi) is 4.77. The number of methoxy groups -OCH3 is 2. The molecular formula is C22H21FN2O3. The summed E-state index contributed by atoms with van der Waals surface area (Å²) < 4.78 is 26.9. The fraction of sp³-hybridized carbons (Fsp3) is 0.227. The van der Waals surface area contributed by atoms with Gasteiger partial charge in [0.25, 0.3) is 5.91 Å². The summed E-state index contributed by atoms with van der Waals surface area (Å²) in [6, 6.07) is 15.1. The van der Waals surface area contributed by atoms with Gasteiger partial charge in [0.1, 0.15) is 22.9 Å². The lowest BCUT2D eigenvalue weighted by Crippen LogP contribution is -2.42. The van der Waals surface area contributed by atoms with Gasteiger partial charge in [0.2, 0.25) is 0 Å². The molecule has 0 radical (unpaired) electrons. The summed E-state index contributed by atoms with van der Waals surface area (Å²) in [7, 11) is 3.05. The molecule has 6 heteroatoms. The third kappa shape index (κ3) is 3.01. The molecule has 1 aliphatic heterocycles. The van der Waals surface area contributed by atoms with E-state index in [1.165, 1.54) is 26.4 Å². The van der Waals surface area contributed by atoms with Gasteiger partial charge in [-0.2, -0.15) is 0 Å². The molecule has 1 amide bonds. The smallest absolute Gasteiger partial charge is 0.262 e. The summed E-state index contributed by atoms with van der Waals surface area (Å²) in [5.41, 5.74) is 2.04. The van der Waals surface area contributed by atoms with E-state index in [0.717, 1.165) is 11.3 Å². The first-order valence-electron chi connectivity index (χ1n) is 9.06. The van der Waals surface area contributed by atoms with Gasteiger partial charge in [0, 0.05) is 25.0 Å². The maximum atomic E-state index is 14.0. The molecule has 144 valence electrons. The zero-order valence-corrected chi connectivity index (χ0v) is 15.8. The predicted octanol–water partition coefficient (Wildman–Crippen LogP) is 3.89. The lowest BCUT2D eigenvalue weighted by atomic mass is 9.98. The largest absolute Gasteiger partial charge is 0.496 e. The van der Waals surface area contributed by atoms with Crippen LogP contribution in [0.1, 0.15) is 27.7 Å². The van der Waals surface area contributed by atoms with Gasteiger partial charge in [-0.25, -0.2) is 4.39 Å². The average molecular weight is 380 g/mol. The Balaban J connectivity index is 1.84. The van der Waals surface area contributed by atoms with Crippen LogP contribution in [0.2, 0.25) is 0 Å². The van der Waals surface area contributed by atoms with Crippen molar-refractivity contribution in [2.24, 2.45) is 0 Å². The van der Waals surface area contributed by atoms with E-state index in [1.807, 2.05) is 24.4 Å². The highest BCUT2D eigenvalue weighted by molar-refractivity contribution is 6.00. The van der Waals surface area contributed by atoms with Crippen LogP contribution in [-0.4, -0.2) is 36.1 Å². The number of nitrogens with zero attached hydrogens (tertiary/aromatic N) is 2. The lowest BCUT2D eigenvalue weighted by Gasteiger charge is -2.37. The van der Waals surface area contributed by atoms with E-state index in [-0.39, 0.29) is 11.7 Å². The maximum Gasteiger partial charge on any atom is 0.262 e. The van der Waals surface area contributed by atoms with Crippen LogP contribution in [0.5, 0.6) is 11.5 Å². The van der Waals surface area contributed by atoms with Crippen LogP contribution in [-0.2, 0) is 6.54 Å². The SMILES string of the molecule is COc1cccc(OC)c1C(=O)N1CCn2cccc2C1c1cccc(F)c1. The Bertz CT molecular complexity index is 992. The topological polar surface area (TPSA) is 43.7 Å². The van der Waals surface area contributed by atoms with Crippen molar-refractivity contribution in [3.8, 4) is 11.5 Å². The van der Waals surface area contributed by atoms with Crippen molar-refractivity contribution in [1.29, 1.82) is 0 Å². The van der Waals surface area contributed by atoms with Crippen molar-refractivity contribution in [2.75, 3.05) is 20.8 Å². The third-order valence-electron chi connectivity index (χ3n) is 5.11. The van der Waals surface area contributed by atoms with Crippen LogP contribution >= 0.6 is 0 Å². The monoisotopic (exact) mass is 380 g/mol. The molecule has 0 fully saturated rings. The van der Waals surface area contributed by atoms with Crippen molar-refractivity contribution < 1.29 is 18.7 Å². The molecule has 2 heterocycles. The molecule has 0 saturated heterocycles. The van der Waals surface area contributed by atoms with Crippen molar-refractivity contribution in [3.05, 3.63) is 83.4 Å². The van der Waals surface area contributed by atoms with E-state index in [4.69, 9.17) is 9.47 Å². The molecule has 4 rings (SSSR count). The third-order valence-corrected chi connectivity index (χ3v) is 5.11. The fourth-order valence-electron chi connectivity index (χ4n) is 3.84. The molecule has 1 aromatic heterocycles. The Morgan fingerprint density at radius 2 is 1.71 bits per heavy atom. The number of benzene rings is 2. The van der Waals surface area contributed by atoms with E-state index in [1.54, 1.807) is 29.2 Å². The molecule has 0 saturated carbocycles. The first-order valence-corrected chi connectivity index (χ1v) is 9.06. The minimum Gasteiger partial charge on any atom is -0.496 e. The lowest BCUT2D eigenvalue weighted by molar-refractivity contribution is 0.0656. The number of halogens is 1. The first-order chi connectivity index (χ1) is 13.6. The zero-order valence-electron chi connectivity index (χ0n) is 15.8. The molecule has 0 spiro atoms. The van der Waals surface area contributed by atoms with Gasteiger partial charge >= 0.3 is 0 Å². The Morgan fingerprint density at radius 1 is 1.00 bits per heavy atom. The van der Waals surface area contributed by atoms with Crippen molar-refractivity contribution in [3.63, 3.8) is 0 Å². The summed E-state index contributed by atoms with van der Waals surface area (Å²) in [6.45, 7) is 1.15. The summed E-state index contributed by atoms with van der Waals surface area (Å²) in [6.07, 6.45) is 1.98. The predicted molar refractivity (Wildman–Crippen MR) is 103 cm³/mol. The van der Waals surface area contributed by atoms with Crippen LogP contribution in [0, 0.1) is 5.82 Å². The first kappa shape index (κ1) is 18.1. The molecule has 1 atom stereocenters. The highest BCUT2D eigenvalue weighted by Crippen LogP contribution is 2.37. The summed E-state index contributed by atoms with van der Waals surface area (Å²) in [4.78, 5) is 15.4. The molecule has 1 aliphatic rings. The van der Waals surface area contributed by atoms with Crippen molar-refractivity contribution >= 4 is 5.91 Å². The van der Waals surface area contributed by atoms with Gasteiger partial charge < -0.3 is 18.9 Å². The van der Waals surface area contributed by atoms with Gasteiger partial charge in [-0.3, -0.25) is 4.79 Å². The van der Waals surface area contributed by atoms with Crippen LogP contribution in [0.3, 0.4) is 0 Å². The number of hydrogen-bond donors (Lipinski definition) is 0. The Labute approximate surface area is 162 Å². The summed E-state index contributed by atoms with van der Waals surface area (Å²) >= 11 is 0. The molecule has 0 N–H and O–H groups in total. The molecule has 1 unspecified atom stereocenters. The number of carbonyl (C=O) groups excluding carboxylic acids is 1. The second-order valence-electron chi connectivity index (χ2n) is 6.62. The van der Waals surface area contributed by atoms with E-state index in [9.17, 15) is 9.18 Å². The highest BCUT2D eigenvalue weighted by atomic mass is 19.1. The molecule has 0 bridgehead atoms. The quantitative estimate of drug-likeness (QED) is 0.690. The molecule has 3 aromatic rings. The van der Waals surface area contributed by atoms with Gasteiger partial charge in [0.15, 0.2) is 0 Å². The molecular weight excluding hydrogens is 359 g/mol. The number of amides is 1. The number of hydrogen-bond acceptors (Lipinski definition) is 3. The molecule has 28 heavy (non-hydrogen) atoms. The molecule has 5 nitrogen and oxygen atoms in total. The minimum atomic E-state index is -0.401. The average Bonchev–Trinajstić information content (AvgIpc) is 3.20. The highest BCUT2D eigenvalue weighted by Gasteiger charge is 2.35. The van der Waals surface area contributed by atoms with Crippen LogP contribution in [0.4, 0.5) is 4.39 Å². The van der Waals surface area contributed by atoms with Crippen molar-refractivity contribution in [2.45, 2.75) is 12.6 Å². The maximum absolute atomic E-state index is 14.0. The van der Waals surface area contributed by atoms with Gasteiger partial charge in [-0.1, -0.05) is 18.2 Å². The molecule has 2 aromatic carbocycles. The minimum absolute atomic E-state index is 0.212. The second kappa shape index (κ2) is 7.38. The fourth-order valence-corrected chi connectivity index (χ4v) is 3.84. The number of ether oxygens (including phenoxy) is 2. The Morgan fingerprint density at radius 3 is 2.39 bits per heavy atom. The Hall–Kier alpha value is -3.28. The number of carbonyl (C=O) groups is 1. The zero-order chi connectivity index (χ0) is 19.7. The standard InChI is InChI=1S/C22H21FN2O3/c1-27-18-9-4-10-19(28-2)20(18)22(26)25-13-12-24-11-5-8-17(24)21(25)15-6-3-7-16(23)14-15/h3-11,14,21H,12-13H2,1-2H3. The molecule has 0 aliphatic carbocycles. The van der Waals surface area contributed by atoms with Crippen LogP contribution < -0.4 is 9.47 Å². The second-order valence-corrected chi connectivity index (χ2v) is 6.62. The van der Waals surface area contributed by atoms with E-state index >= 15 is 0 Å². The summed E-state index contributed by atoms with van der Waals surface area (Å²) in [5.74, 6) is 0.353. The van der Waals surface area contributed by atoms with Gasteiger partial charge in [0.05, 0.1) is 20.3 Å². The van der Waals surface area contributed by atoms with Gasteiger partial charge in [-0.15, -0.1) is 0 Å². The number of rotatable bonds is 4.